The van der Waals surface area contributed by atoms with E-state index < -0.39 is 0 Å². The summed E-state index contributed by atoms with van der Waals surface area (Å²) in [6.45, 7) is 12.5. The average Bonchev–Trinajstić information content (AvgIpc) is 3.40. The van der Waals surface area contributed by atoms with Crippen molar-refractivity contribution < 1.29 is 9.59 Å². The molecule has 1 atom stereocenters. The van der Waals surface area contributed by atoms with Crippen LogP contribution in [0.1, 0.15) is 64.9 Å². The standard InChI is InChI=1S/C26H33N5O2/c1-6-30(7-2)26(33)22-14-27-25(29-18(22)5)19-10-11-31(15-19)24(32)13-20-17(4)28-23-9-8-16(3)12-21(20)23/h8-9,12,14,19,28H,6-7,10-11,13,15H2,1-5H3/t19-/m1/s1. The van der Waals surface area contributed by atoms with Gasteiger partial charge in [0.2, 0.25) is 5.91 Å². The van der Waals surface area contributed by atoms with Crippen LogP contribution in [-0.2, 0) is 11.2 Å². The Balaban J connectivity index is 1.46. The molecule has 1 aliphatic rings. The first kappa shape index (κ1) is 23.0. The average molecular weight is 448 g/mol. The lowest BCUT2D eigenvalue weighted by molar-refractivity contribution is -0.129. The Hall–Kier alpha value is -3.22. The topological polar surface area (TPSA) is 82.2 Å². The molecular formula is C26H33N5O2. The zero-order valence-electron chi connectivity index (χ0n) is 20.2. The van der Waals surface area contributed by atoms with Gasteiger partial charge in [0.1, 0.15) is 5.82 Å². The van der Waals surface area contributed by atoms with E-state index >= 15 is 0 Å². The molecule has 4 rings (SSSR count). The maximum atomic E-state index is 13.1. The Morgan fingerprint density at radius 1 is 1.18 bits per heavy atom. The van der Waals surface area contributed by atoms with Crippen LogP contribution in [0.25, 0.3) is 10.9 Å². The maximum absolute atomic E-state index is 13.1. The van der Waals surface area contributed by atoms with E-state index in [1.54, 1.807) is 11.1 Å². The molecule has 1 aromatic carbocycles. The van der Waals surface area contributed by atoms with E-state index in [9.17, 15) is 9.59 Å². The van der Waals surface area contributed by atoms with Gasteiger partial charge in [-0.1, -0.05) is 11.6 Å². The number of benzene rings is 1. The number of amides is 2. The highest BCUT2D eigenvalue weighted by Crippen LogP contribution is 2.28. The minimum atomic E-state index is -0.0309. The second kappa shape index (κ2) is 9.33. The van der Waals surface area contributed by atoms with E-state index in [1.807, 2.05) is 32.6 Å². The molecule has 33 heavy (non-hydrogen) atoms. The molecule has 1 fully saturated rings. The number of nitrogens with one attached hydrogen (secondary N) is 1. The molecule has 1 saturated heterocycles. The Bertz CT molecular complexity index is 1190. The summed E-state index contributed by atoms with van der Waals surface area (Å²) >= 11 is 0. The van der Waals surface area contributed by atoms with Crippen LogP contribution in [0.3, 0.4) is 0 Å². The van der Waals surface area contributed by atoms with Gasteiger partial charge in [-0.05, 0) is 58.7 Å². The van der Waals surface area contributed by atoms with Crippen LogP contribution in [-0.4, -0.2) is 62.7 Å². The van der Waals surface area contributed by atoms with Gasteiger partial charge in [0, 0.05) is 54.9 Å². The fourth-order valence-electron chi connectivity index (χ4n) is 4.76. The van der Waals surface area contributed by atoms with E-state index in [0.717, 1.165) is 34.4 Å². The second-order valence-electron chi connectivity index (χ2n) is 8.98. The van der Waals surface area contributed by atoms with Crippen LogP contribution in [0, 0.1) is 20.8 Å². The molecule has 1 aliphatic heterocycles. The molecule has 7 heteroatoms. The number of aromatic nitrogens is 3. The van der Waals surface area contributed by atoms with E-state index in [-0.39, 0.29) is 17.7 Å². The minimum absolute atomic E-state index is 0.0309. The van der Waals surface area contributed by atoms with Gasteiger partial charge in [-0.3, -0.25) is 9.59 Å². The SMILES string of the molecule is CCN(CC)C(=O)c1cnc([C@@H]2CCN(C(=O)Cc3c(C)[nH]c4ccc(C)cc34)C2)nc1C. The molecule has 174 valence electrons. The molecule has 0 bridgehead atoms. The smallest absolute Gasteiger partial charge is 0.257 e. The van der Waals surface area contributed by atoms with Crippen LogP contribution >= 0.6 is 0 Å². The van der Waals surface area contributed by atoms with Crippen molar-refractivity contribution in [3.05, 3.63) is 58.3 Å². The van der Waals surface area contributed by atoms with Crippen molar-refractivity contribution in [1.29, 1.82) is 0 Å². The van der Waals surface area contributed by atoms with Crippen LogP contribution in [0.15, 0.2) is 24.4 Å². The number of H-pyrrole nitrogens is 1. The normalized spacial score (nSPS) is 15.9. The largest absolute Gasteiger partial charge is 0.358 e. The van der Waals surface area contributed by atoms with Gasteiger partial charge in [0.15, 0.2) is 0 Å². The van der Waals surface area contributed by atoms with E-state index in [1.165, 1.54) is 5.56 Å². The number of aromatic amines is 1. The number of carbonyl (C=O) groups excluding carboxylic acids is 2. The molecule has 3 heterocycles. The third-order valence-electron chi connectivity index (χ3n) is 6.79. The number of hydrogen-bond acceptors (Lipinski definition) is 4. The monoisotopic (exact) mass is 447 g/mol. The van der Waals surface area contributed by atoms with E-state index in [2.05, 4.69) is 40.1 Å². The lowest BCUT2D eigenvalue weighted by Gasteiger charge is -2.20. The highest BCUT2D eigenvalue weighted by molar-refractivity contribution is 5.95. The van der Waals surface area contributed by atoms with Crippen molar-refractivity contribution in [3.63, 3.8) is 0 Å². The van der Waals surface area contributed by atoms with Gasteiger partial charge < -0.3 is 14.8 Å². The Labute approximate surface area is 195 Å². The molecule has 2 aromatic heterocycles. The molecule has 2 amide bonds. The zero-order chi connectivity index (χ0) is 23.7. The lowest BCUT2D eigenvalue weighted by atomic mass is 10.1. The maximum Gasteiger partial charge on any atom is 0.257 e. The lowest BCUT2D eigenvalue weighted by Crippen LogP contribution is -2.31. The van der Waals surface area contributed by atoms with Gasteiger partial charge in [-0.25, -0.2) is 9.97 Å². The van der Waals surface area contributed by atoms with Gasteiger partial charge >= 0.3 is 0 Å². The van der Waals surface area contributed by atoms with Gasteiger partial charge in [0.25, 0.3) is 5.91 Å². The van der Waals surface area contributed by atoms with Crippen molar-refractivity contribution in [3.8, 4) is 0 Å². The molecule has 0 aliphatic carbocycles. The van der Waals surface area contributed by atoms with Crippen LogP contribution in [0.5, 0.6) is 0 Å². The number of fused-ring (bicyclic) bond motifs is 1. The van der Waals surface area contributed by atoms with Crippen LogP contribution in [0.4, 0.5) is 0 Å². The summed E-state index contributed by atoms with van der Waals surface area (Å²) in [6.07, 6.45) is 2.88. The number of carbonyl (C=O) groups is 2. The van der Waals surface area contributed by atoms with Crippen molar-refractivity contribution in [2.45, 2.75) is 53.4 Å². The molecule has 1 N–H and O–H groups in total. The summed E-state index contributed by atoms with van der Waals surface area (Å²) in [5.41, 5.74) is 5.64. The third-order valence-corrected chi connectivity index (χ3v) is 6.79. The zero-order valence-corrected chi connectivity index (χ0v) is 20.2. The van der Waals surface area contributed by atoms with E-state index in [0.29, 0.717) is 43.9 Å². The van der Waals surface area contributed by atoms with Gasteiger partial charge in [-0.2, -0.15) is 0 Å². The Morgan fingerprint density at radius 3 is 2.64 bits per heavy atom. The first-order chi connectivity index (χ1) is 15.8. The summed E-state index contributed by atoms with van der Waals surface area (Å²) in [6, 6.07) is 6.30. The number of hydrogen-bond donors (Lipinski definition) is 1. The first-order valence-electron chi connectivity index (χ1n) is 11.8. The van der Waals surface area contributed by atoms with Gasteiger partial charge in [0.05, 0.1) is 17.7 Å². The Morgan fingerprint density at radius 2 is 1.94 bits per heavy atom. The summed E-state index contributed by atoms with van der Waals surface area (Å²) in [7, 11) is 0. The highest BCUT2D eigenvalue weighted by Gasteiger charge is 2.30. The molecule has 0 saturated carbocycles. The molecule has 0 radical (unpaired) electrons. The van der Waals surface area contributed by atoms with Crippen molar-refractivity contribution >= 4 is 22.7 Å². The summed E-state index contributed by atoms with van der Waals surface area (Å²) in [5.74, 6) is 0.916. The number of nitrogens with zero attached hydrogens (tertiary/aromatic N) is 4. The predicted molar refractivity (Wildman–Crippen MR) is 129 cm³/mol. The summed E-state index contributed by atoms with van der Waals surface area (Å²) in [4.78, 5) is 42.1. The Kier molecular flexibility index (Phi) is 6.49. The van der Waals surface area contributed by atoms with E-state index in [4.69, 9.17) is 0 Å². The summed E-state index contributed by atoms with van der Waals surface area (Å²) in [5, 5.41) is 1.13. The molecular weight excluding hydrogens is 414 g/mol. The van der Waals surface area contributed by atoms with Crippen molar-refractivity contribution in [2.24, 2.45) is 0 Å². The van der Waals surface area contributed by atoms with Gasteiger partial charge in [-0.15, -0.1) is 0 Å². The fourth-order valence-corrected chi connectivity index (χ4v) is 4.76. The van der Waals surface area contributed by atoms with Crippen LogP contribution < -0.4 is 0 Å². The van der Waals surface area contributed by atoms with Crippen LogP contribution in [0.2, 0.25) is 0 Å². The molecule has 0 spiro atoms. The second-order valence-corrected chi connectivity index (χ2v) is 8.98. The quantitative estimate of drug-likeness (QED) is 0.621. The molecule has 7 nitrogen and oxygen atoms in total. The van der Waals surface area contributed by atoms with Crippen molar-refractivity contribution in [2.75, 3.05) is 26.2 Å². The van der Waals surface area contributed by atoms with Crippen molar-refractivity contribution in [1.82, 2.24) is 24.8 Å². The fraction of sp³-hybridized carbons (Fsp3) is 0.462. The number of likely N-dealkylation sites (tertiary alicyclic amines) is 1. The molecule has 3 aromatic rings. The minimum Gasteiger partial charge on any atom is -0.358 e. The number of rotatable bonds is 6. The molecule has 0 unspecified atom stereocenters. The highest BCUT2D eigenvalue weighted by atomic mass is 16.2. The predicted octanol–water partition coefficient (Wildman–Crippen LogP) is 3.92. The first-order valence-corrected chi connectivity index (χ1v) is 11.8. The third kappa shape index (κ3) is 4.49. The number of aryl methyl sites for hydroxylation is 3. The summed E-state index contributed by atoms with van der Waals surface area (Å²) < 4.78 is 0.